The molecule has 1 aromatic carbocycles. The average molecular weight is 246 g/mol. The molecule has 0 saturated carbocycles. The van der Waals surface area contributed by atoms with E-state index in [0.29, 0.717) is 5.92 Å². The highest BCUT2D eigenvalue weighted by molar-refractivity contribution is 5.50. The molecule has 1 atom stereocenters. The predicted octanol–water partition coefficient (Wildman–Crippen LogP) is 4.76. The molecular formula is C17H26O. The van der Waals surface area contributed by atoms with Crippen molar-refractivity contribution in [3.8, 4) is 0 Å². The molecule has 0 aromatic heterocycles. The molecule has 0 radical (unpaired) electrons. The number of aliphatic hydroxyl groups is 1. The smallest absolute Gasteiger partial charge is 0.0512 e. The van der Waals surface area contributed by atoms with Crippen LogP contribution in [-0.2, 0) is 0 Å². The maximum absolute atomic E-state index is 9.15. The first-order valence-electron chi connectivity index (χ1n) is 7.04. The van der Waals surface area contributed by atoms with Gasteiger partial charge in [0.2, 0.25) is 0 Å². The molecule has 1 N–H and O–H groups in total. The summed E-state index contributed by atoms with van der Waals surface area (Å²) < 4.78 is 0. The lowest BCUT2D eigenvalue weighted by molar-refractivity contribution is 0.181. The second-order valence-electron chi connectivity index (χ2n) is 5.36. The Morgan fingerprint density at radius 3 is 2.61 bits per heavy atom. The van der Waals surface area contributed by atoms with E-state index in [0.717, 1.165) is 25.7 Å². The van der Waals surface area contributed by atoms with Crippen LogP contribution in [0.25, 0.3) is 6.08 Å². The van der Waals surface area contributed by atoms with Gasteiger partial charge in [0.1, 0.15) is 0 Å². The van der Waals surface area contributed by atoms with Crippen LogP contribution in [0.2, 0.25) is 0 Å². The molecule has 1 heteroatoms. The number of rotatable bonds is 7. The SMILES string of the molecule is CC(C)c1cccc(C=CCCCC[C@@H](C)O)c1. The molecule has 1 rings (SSSR count). The molecule has 18 heavy (non-hydrogen) atoms. The fraction of sp³-hybridized carbons (Fsp3) is 0.529. The molecular weight excluding hydrogens is 220 g/mol. The highest BCUT2D eigenvalue weighted by Gasteiger charge is 1.98. The number of aliphatic hydroxyl groups excluding tert-OH is 1. The van der Waals surface area contributed by atoms with Gasteiger partial charge in [-0.25, -0.2) is 0 Å². The lowest BCUT2D eigenvalue weighted by Gasteiger charge is -2.05. The Kier molecular flexibility index (Phi) is 6.74. The van der Waals surface area contributed by atoms with Gasteiger partial charge in [0.15, 0.2) is 0 Å². The number of allylic oxidation sites excluding steroid dienone is 1. The Labute approximate surface area is 112 Å². The first kappa shape index (κ1) is 15.0. The lowest BCUT2D eigenvalue weighted by atomic mass is 10.0. The van der Waals surface area contributed by atoms with E-state index in [2.05, 4.69) is 50.3 Å². The standard InChI is InChI=1S/C17H26O/c1-14(2)17-12-8-11-16(13-17)10-7-5-4-6-9-15(3)18/h7-8,10-15,18H,4-6,9H2,1-3H3/t15-/m1/s1. The van der Waals surface area contributed by atoms with Crippen molar-refractivity contribution < 1.29 is 5.11 Å². The predicted molar refractivity (Wildman–Crippen MR) is 79.7 cm³/mol. The van der Waals surface area contributed by atoms with Crippen LogP contribution in [0.4, 0.5) is 0 Å². The first-order chi connectivity index (χ1) is 8.59. The van der Waals surface area contributed by atoms with Crippen molar-refractivity contribution in [1.82, 2.24) is 0 Å². The Hall–Kier alpha value is -1.08. The fourth-order valence-corrected chi connectivity index (χ4v) is 1.94. The fourth-order valence-electron chi connectivity index (χ4n) is 1.94. The van der Waals surface area contributed by atoms with E-state index in [1.54, 1.807) is 0 Å². The van der Waals surface area contributed by atoms with Crippen molar-refractivity contribution in [2.24, 2.45) is 0 Å². The van der Waals surface area contributed by atoms with Gasteiger partial charge in [0.25, 0.3) is 0 Å². The average Bonchev–Trinajstić information content (AvgIpc) is 2.33. The van der Waals surface area contributed by atoms with Crippen LogP contribution < -0.4 is 0 Å². The molecule has 0 aliphatic carbocycles. The van der Waals surface area contributed by atoms with Gasteiger partial charge in [-0.3, -0.25) is 0 Å². The minimum atomic E-state index is -0.156. The van der Waals surface area contributed by atoms with Crippen molar-refractivity contribution >= 4 is 6.08 Å². The lowest BCUT2D eigenvalue weighted by Crippen LogP contribution is -1.97. The molecule has 0 spiro atoms. The summed E-state index contributed by atoms with van der Waals surface area (Å²) in [6, 6.07) is 8.72. The van der Waals surface area contributed by atoms with Crippen LogP contribution in [0.3, 0.4) is 0 Å². The second-order valence-corrected chi connectivity index (χ2v) is 5.36. The van der Waals surface area contributed by atoms with Gasteiger partial charge >= 0.3 is 0 Å². The molecule has 0 bridgehead atoms. The van der Waals surface area contributed by atoms with E-state index in [4.69, 9.17) is 5.11 Å². The molecule has 0 fully saturated rings. The molecule has 0 heterocycles. The zero-order valence-electron chi connectivity index (χ0n) is 11.9. The van der Waals surface area contributed by atoms with Crippen molar-refractivity contribution in [3.05, 3.63) is 41.5 Å². The third kappa shape index (κ3) is 6.02. The summed E-state index contributed by atoms with van der Waals surface area (Å²) >= 11 is 0. The quantitative estimate of drug-likeness (QED) is 0.687. The molecule has 0 unspecified atom stereocenters. The normalized spacial score (nSPS) is 13.4. The third-order valence-corrected chi connectivity index (χ3v) is 3.13. The van der Waals surface area contributed by atoms with Gasteiger partial charge in [-0.15, -0.1) is 0 Å². The van der Waals surface area contributed by atoms with Crippen molar-refractivity contribution in [3.63, 3.8) is 0 Å². The summed E-state index contributed by atoms with van der Waals surface area (Å²) in [5.41, 5.74) is 2.68. The third-order valence-electron chi connectivity index (χ3n) is 3.13. The van der Waals surface area contributed by atoms with E-state index in [9.17, 15) is 0 Å². The molecule has 0 saturated heterocycles. The summed E-state index contributed by atoms with van der Waals surface area (Å²) in [6.07, 6.45) is 8.56. The summed E-state index contributed by atoms with van der Waals surface area (Å²) in [5.74, 6) is 0.587. The van der Waals surface area contributed by atoms with Gasteiger partial charge in [-0.05, 0) is 43.2 Å². The molecule has 0 amide bonds. The van der Waals surface area contributed by atoms with Crippen LogP contribution in [0, 0.1) is 0 Å². The first-order valence-corrected chi connectivity index (χ1v) is 7.04. The molecule has 0 aliphatic heterocycles. The van der Waals surface area contributed by atoms with Gasteiger partial charge in [0.05, 0.1) is 6.10 Å². The minimum absolute atomic E-state index is 0.156. The van der Waals surface area contributed by atoms with Crippen molar-refractivity contribution in [2.45, 2.75) is 58.5 Å². The topological polar surface area (TPSA) is 20.2 Å². The number of unbranched alkanes of at least 4 members (excludes halogenated alkanes) is 2. The summed E-state index contributed by atoms with van der Waals surface area (Å²) in [4.78, 5) is 0. The maximum atomic E-state index is 9.15. The number of hydrogen-bond donors (Lipinski definition) is 1. The van der Waals surface area contributed by atoms with Crippen molar-refractivity contribution in [1.29, 1.82) is 0 Å². The molecule has 100 valence electrons. The van der Waals surface area contributed by atoms with Gasteiger partial charge in [-0.2, -0.15) is 0 Å². The monoisotopic (exact) mass is 246 g/mol. The number of benzene rings is 1. The largest absolute Gasteiger partial charge is 0.393 e. The zero-order chi connectivity index (χ0) is 13.4. The van der Waals surface area contributed by atoms with E-state index in [-0.39, 0.29) is 6.10 Å². The Morgan fingerprint density at radius 2 is 1.94 bits per heavy atom. The second kappa shape index (κ2) is 8.10. The Balaban J connectivity index is 2.35. The molecule has 1 aromatic rings. The van der Waals surface area contributed by atoms with E-state index in [1.165, 1.54) is 11.1 Å². The Bertz CT molecular complexity index is 364. The van der Waals surface area contributed by atoms with Crippen LogP contribution in [-0.4, -0.2) is 11.2 Å². The highest BCUT2D eigenvalue weighted by atomic mass is 16.3. The highest BCUT2D eigenvalue weighted by Crippen LogP contribution is 2.16. The van der Waals surface area contributed by atoms with E-state index >= 15 is 0 Å². The summed E-state index contributed by atoms with van der Waals surface area (Å²) in [7, 11) is 0. The van der Waals surface area contributed by atoms with Gasteiger partial charge < -0.3 is 5.11 Å². The van der Waals surface area contributed by atoms with Gasteiger partial charge in [-0.1, -0.05) is 56.7 Å². The summed E-state index contributed by atoms with van der Waals surface area (Å²) in [5, 5.41) is 9.15. The summed E-state index contributed by atoms with van der Waals surface area (Å²) in [6.45, 7) is 6.30. The van der Waals surface area contributed by atoms with Crippen LogP contribution in [0.1, 0.15) is 63.5 Å². The van der Waals surface area contributed by atoms with E-state index in [1.807, 2.05) is 6.92 Å². The number of hydrogen-bond acceptors (Lipinski definition) is 1. The van der Waals surface area contributed by atoms with Crippen LogP contribution >= 0.6 is 0 Å². The molecule has 1 nitrogen and oxygen atoms in total. The van der Waals surface area contributed by atoms with Crippen LogP contribution in [0.5, 0.6) is 0 Å². The Morgan fingerprint density at radius 1 is 1.17 bits per heavy atom. The van der Waals surface area contributed by atoms with Crippen LogP contribution in [0.15, 0.2) is 30.3 Å². The minimum Gasteiger partial charge on any atom is -0.393 e. The maximum Gasteiger partial charge on any atom is 0.0512 e. The van der Waals surface area contributed by atoms with E-state index < -0.39 is 0 Å². The molecule has 0 aliphatic rings. The van der Waals surface area contributed by atoms with Gasteiger partial charge in [0, 0.05) is 0 Å². The zero-order valence-corrected chi connectivity index (χ0v) is 11.9. The van der Waals surface area contributed by atoms with Crippen molar-refractivity contribution in [2.75, 3.05) is 0 Å².